The molecular formula is C32H32F7N5O3. The van der Waals surface area contributed by atoms with Crippen LogP contribution in [-0.4, -0.2) is 39.7 Å². The highest BCUT2D eigenvalue weighted by atomic mass is 19.4. The van der Waals surface area contributed by atoms with Crippen LogP contribution in [0.15, 0.2) is 74.7 Å². The van der Waals surface area contributed by atoms with Gasteiger partial charge in [0.15, 0.2) is 0 Å². The van der Waals surface area contributed by atoms with Crippen LogP contribution in [0.4, 0.5) is 36.4 Å². The van der Waals surface area contributed by atoms with Gasteiger partial charge in [0.05, 0.1) is 25.2 Å². The van der Waals surface area contributed by atoms with Crippen molar-refractivity contribution < 1.29 is 35.2 Å². The molecule has 1 aliphatic heterocycles. The summed E-state index contributed by atoms with van der Waals surface area (Å²) in [5.41, 5.74) is 3.34. The Kier molecular flexibility index (Phi) is 9.42. The number of rotatable bonds is 8. The minimum Gasteiger partial charge on any atom is -0.455 e. The number of aromatic nitrogens is 2. The smallest absolute Gasteiger partial charge is 0.449 e. The number of nitrogens with two attached hydrogens (primary N) is 1. The van der Waals surface area contributed by atoms with E-state index >= 15 is 0 Å². The molecule has 4 aromatic rings. The lowest BCUT2D eigenvalue weighted by Crippen LogP contribution is -2.54. The minimum absolute atomic E-state index is 0.0265. The zero-order chi connectivity index (χ0) is 34.3. The zero-order valence-electron chi connectivity index (χ0n) is 25.4. The molecule has 1 aliphatic rings. The van der Waals surface area contributed by atoms with Gasteiger partial charge in [0, 0.05) is 43.0 Å². The van der Waals surface area contributed by atoms with E-state index in [1.54, 1.807) is 42.2 Å². The number of furan rings is 1. The Bertz CT molecular complexity index is 1850. The van der Waals surface area contributed by atoms with E-state index < -0.39 is 58.9 Å². The van der Waals surface area contributed by atoms with Crippen molar-refractivity contribution in [2.75, 3.05) is 24.5 Å². The second-order valence-electron chi connectivity index (χ2n) is 11.5. The summed E-state index contributed by atoms with van der Waals surface area (Å²) in [5.74, 6) is -2.18. The molecule has 0 aliphatic carbocycles. The molecule has 5 rings (SSSR count). The van der Waals surface area contributed by atoms with Gasteiger partial charge in [-0.2, -0.15) is 26.3 Å². The van der Waals surface area contributed by atoms with E-state index in [0.29, 0.717) is 5.56 Å². The lowest BCUT2D eigenvalue weighted by atomic mass is 10.1. The maximum absolute atomic E-state index is 14.9. The van der Waals surface area contributed by atoms with Crippen LogP contribution >= 0.6 is 0 Å². The third kappa shape index (κ3) is 7.15. The van der Waals surface area contributed by atoms with Crippen LogP contribution in [-0.2, 0) is 32.0 Å². The number of hydrogen-bond acceptors (Lipinski definition) is 6. The Labute approximate surface area is 264 Å². The highest BCUT2D eigenvalue weighted by molar-refractivity contribution is 5.50. The first-order valence-corrected chi connectivity index (χ1v) is 14.7. The van der Waals surface area contributed by atoms with Gasteiger partial charge in [-0.15, -0.1) is 0 Å². The third-order valence-electron chi connectivity index (χ3n) is 8.39. The Morgan fingerprint density at radius 1 is 0.894 bits per heavy atom. The molecule has 1 saturated heterocycles. The second kappa shape index (κ2) is 13.0. The van der Waals surface area contributed by atoms with Crippen LogP contribution in [0.3, 0.4) is 0 Å². The van der Waals surface area contributed by atoms with E-state index in [0.717, 1.165) is 33.4 Å². The molecular weight excluding hydrogens is 635 g/mol. The number of halogens is 7. The topological polar surface area (TPSA) is 89.6 Å². The van der Waals surface area contributed by atoms with E-state index in [-0.39, 0.29) is 55.9 Å². The predicted molar refractivity (Wildman–Crippen MR) is 159 cm³/mol. The summed E-state index contributed by atoms with van der Waals surface area (Å²) in [4.78, 5) is 31.4. The highest BCUT2D eigenvalue weighted by Crippen LogP contribution is 2.34. The van der Waals surface area contributed by atoms with Crippen molar-refractivity contribution in [3.05, 3.63) is 121 Å². The van der Waals surface area contributed by atoms with Gasteiger partial charge in [0.1, 0.15) is 17.3 Å². The molecule has 2 aromatic carbocycles. The van der Waals surface area contributed by atoms with Crippen molar-refractivity contribution in [1.82, 2.24) is 14.0 Å². The predicted octanol–water partition coefficient (Wildman–Crippen LogP) is 5.55. The average Bonchev–Trinajstić information content (AvgIpc) is 3.49. The van der Waals surface area contributed by atoms with Crippen molar-refractivity contribution >= 4 is 5.69 Å². The van der Waals surface area contributed by atoms with Crippen molar-refractivity contribution in [3.8, 4) is 0 Å². The van der Waals surface area contributed by atoms with Gasteiger partial charge in [0.2, 0.25) is 5.76 Å². The van der Waals surface area contributed by atoms with E-state index in [2.05, 4.69) is 0 Å². The summed E-state index contributed by atoms with van der Waals surface area (Å²) < 4.78 is 102. The Morgan fingerprint density at radius 3 is 2.21 bits per heavy atom. The van der Waals surface area contributed by atoms with Gasteiger partial charge >= 0.3 is 18.0 Å². The van der Waals surface area contributed by atoms with Gasteiger partial charge in [-0.3, -0.25) is 18.8 Å². The van der Waals surface area contributed by atoms with E-state index in [1.165, 1.54) is 13.0 Å². The third-order valence-corrected chi connectivity index (χ3v) is 8.39. The molecule has 0 amide bonds. The molecule has 2 atom stereocenters. The largest absolute Gasteiger partial charge is 0.455 e. The number of anilines is 1. The molecule has 2 aromatic heterocycles. The van der Waals surface area contributed by atoms with Gasteiger partial charge < -0.3 is 15.1 Å². The summed E-state index contributed by atoms with van der Waals surface area (Å²) in [6, 6.07) is 12.1. The van der Waals surface area contributed by atoms with Crippen molar-refractivity contribution in [2.24, 2.45) is 5.73 Å². The number of alkyl halides is 6. The van der Waals surface area contributed by atoms with Gasteiger partial charge in [-0.05, 0) is 43.7 Å². The Balaban J connectivity index is 1.53. The number of benzene rings is 2. The number of nitrogens with zero attached hydrogens (tertiary/aromatic N) is 4. The van der Waals surface area contributed by atoms with Crippen molar-refractivity contribution in [3.63, 3.8) is 0 Å². The number of piperazine rings is 1. The van der Waals surface area contributed by atoms with E-state index in [4.69, 9.17) is 10.2 Å². The molecule has 0 bridgehead atoms. The first-order chi connectivity index (χ1) is 22.1. The summed E-state index contributed by atoms with van der Waals surface area (Å²) in [6.07, 6.45) is -9.54. The molecule has 2 unspecified atom stereocenters. The van der Waals surface area contributed by atoms with Crippen molar-refractivity contribution in [2.45, 2.75) is 57.9 Å². The molecule has 8 nitrogen and oxygen atoms in total. The summed E-state index contributed by atoms with van der Waals surface area (Å²) >= 11 is 0. The molecule has 0 saturated carbocycles. The lowest BCUT2D eigenvalue weighted by molar-refractivity contribution is -0.153. The summed E-state index contributed by atoms with van der Waals surface area (Å²) in [7, 11) is 0. The molecule has 0 spiro atoms. The van der Waals surface area contributed by atoms with Crippen LogP contribution in [0.5, 0.6) is 0 Å². The fourth-order valence-corrected chi connectivity index (χ4v) is 5.89. The van der Waals surface area contributed by atoms with Gasteiger partial charge in [0.25, 0.3) is 5.56 Å². The summed E-state index contributed by atoms with van der Waals surface area (Å²) in [6.45, 7) is 2.78. The quantitative estimate of drug-likeness (QED) is 0.248. The van der Waals surface area contributed by atoms with Crippen LogP contribution in [0.25, 0.3) is 0 Å². The average molecular weight is 668 g/mol. The maximum Gasteiger partial charge on any atom is 0.449 e. The first kappa shape index (κ1) is 34.0. The molecule has 0 radical (unpaired) electrons. The molecule has 3 heterocycles. The fraction of sp³-hybridized carbons (Fsp3) is 0.375. The second-order valence-corrected chi connectivity index (χ2v) is 11.5. The maximum atomic E-state index is 14.9. The Morgan fingerprint density at radius 2 is 1.60 bits per heavy atom. The highest BCUT2D eigenvalue weighted by Gasteiger charge is 2.37. The number of hydrogen-bond donors (Lipinski definition) is 1. The fourth-order valence-electron chi connectivity index (χ4n) is 5.89. The lowest BCUT2D eigenvalue weighted by Gasteiger charge is -2.41. The van der Waals surface area contributed by atoms with E-state index in [9.17, 15) is 40.3 Å². The molecule has 2 N–H and O–H groups in total. The Hall–Kier alpha value is -4.37. The zero-order valence-corrected chi connectivity index (χ0v) is 25.4. The molecule has 15 heteroatoms. The molecule has 47 heavy (non-hydrogen) atoms. The van der Waals surface area contributed by atoms with Crippen LogP contribution in [0, 0.1) is 12.7 Å². The van der Waals surface area contributed by atoms with Crippen LogP contribution in [0.1, 0.15) is 46.9 Å². The van der Waals surface area contributed by atoms with Crippen LogP contribution in [0.2, 0.25) is 0 Å². The minimum atomic E-state index is -4.91. The monoisotopic (exact) mass is 667 g/mol. The van der Waals surface area contributed by atoms with Crippen LogP contribution < -0.4 is 21.9 Å². The van der Waals surface area contributed by atoms with E-state index in [1.807, 2.05) is 4.90 Å². The SMILES string of the molecule is Cc1c(N2CCN(Cc3ccc(C(F)(F)F)o3)C(C)C2)c(=O)n(CC(N)c2ccccc2)c(=O)n1Cc1c(F)cccc1C(F)(F)F. The normalized spacial score (nSPS) is 16.9. The van der Waals surface area contributed by atoms with Gasteiger partial charge in [-0.25, -0.2) is 9.18 Å². The molecule has 1 fully saturated rings. The standard InChI is InChI=1S/C32H32F7N5O3/c1-19-15-42(14-13-41(19)16-22-11-12-27(47-22)32(37,38)39)28-20(2)43(17-23-24(31(34,35)36)9-6-10-25(23)33)30(46)44(29(28)45)18-26(40)21-7-4-3-5-8-21/h3-12,19,26H,13-18,40H2,1-2H3. The summed E-state index contributed by atoms with van der Waals surface area (Å²) in [5, 5.41) is 0. The van der Waals surface area contributed by atoms with Gasteiger partial charge in [-0.1, -0.05) is 36.4 Å². The first-order valence-electron chi connectivity index (χ1n) is 14.7. The molecule has 252 valence electrons. The van der Waals surface area contributed by atoms with Crippen molar-refractivity contribution in [1.29, 1.82) is 0 Å².